The van der Waals surface area contributed by atoms with Crippen LogP contribution in [0.15, 0.2) is 24.3 Å². The molecule has 1 fully saturated rings. The fourth-order valence-electron chi connectivity index (χ4n) is 2.10. The van der Waals surface area contributed by atoms with Gasteiger partial charge in [-0.25, -0.2) is 4.79 Å². The quantitative estimate of drug-likeness (QED) is 0.632. The largest absolute Gasteiger partial charge is 0.455 e. The molecular weight excluding hydrogens is 248 g/mol. The van der Waals surface area contributed by atoms with Crippen molar-refractivity contribution in [2.45, 2.75) is 18.9 Å². The summed E-state index contributed by atoms with van der Waals surface area (Å²) in [5, 5.41) is 9.13. The number of aliphatic hydroxyl groups is 1. The normalized spacial score (nSPS) is 18.4. The van der Waals surface area contributed by atoms with E-state index in [1.807, 2.05) is 0 Å². The average Bonchev–Trinajstić information content (AvgIpc) is 2.89. The van der Waals surface area contributed by atoms with E-state index in [9.17, 15) is 4.79 Å². The Balaban J connectivity index is 1.80. The summed E-state index contributed by atoms with van der Waals surface area (Å²) in [4.78, 5) is 13.3. The lowest BCUT2D eigenvalue weighted by molar-refractivity contribution is 0.0280. The second-order valence-electron chi connectivity index (χ2n) is 4.38. The van der Waals surface area contributed by atoms with Gasteiger partial charge in [-0.2, -0.15) is 0 Å². The van der Waals surface area contributed by atoms with E-state index in [4.69, 9.17) is 20.3 Å². The van der Waals surface area contributed by atoms with E-state index in [0.717, 1.165) is 12.8 Å². The van der Waals surface area contributed by atoms with Crippen molar-refractivity contribution in [2.24, 2.45) is 0 Å². The van der Waals surface area contributed by atoms with Gasteiger partial charge in [-0.3, -0.25) is 0 Å². The Labute approximate surface area is 111 Å². The fourth-order valence-corrected chi connectivity index (χ4v) is 2.10. The third-order valence-electron chi connectivity index (χ3n) is 3.14. The molecule has 1 unspecified atom stereocenters. The molecule has 1 aromatic carbocycles. The maximum absolute atomic E-state index is 11.8. The molecule has 1 saturated heterocycles. The summed E-state index contributed by atoms with van der Waals surface area (Å²) in [5.74, 6) is 0.482. The SMILES string of the molecule is Nc1ccccc1OCOC(=O)N1CCCC1CO. The topological polar surface area (TPSA) is 85.0 Å². The van der Waals surface area contributed by atoms with Crippen LogP contribution in [-0.2, 0) is 4.74 Å². The maximum Gasteiger partial charge on any atom is 0.412 e. The molecule has 3 N–H and O–H groups in total. The number of likely N-dealkylation sites (tertiary alicyclic amines) is 1. The number of para-hydroxylation sites is 2. The van der Waals surface area contributed by atoms with Crippen molar-refractivity contribution in [3.63, 3.8) is 0 Å². The molecular formula is C13H18N2O4. The summed E-state index contributed by atoms with van der Waals surface area (Å²) in [6.07, 6.45) is 1.22. The summed E-state index contributed by atoms with van der Waals surface area (Å²) in [7, 11) is 0. The van der Waals surface area contributed by atoms with Gasteiger partial charge < -0.3 is 25.2 Å². The van der Waals surface area contributed by atoms with E-state index in [0.29, 0.717) is 18.0 Å². The molecule has 19 heavy (non-hydrogen) atoms. The van der Waals surface area contributed by atoms with Gasteiger partial charge in [0, 0.05) is 6.54 Å². The Morgan fingerprint density at radius 2 is 2.26 bits per heavy atom. The summed E-state index contributed by atoms with van der Waals surface area (Å²) in [6, 6.07) is 6.85. The minimum absolute atomic E-state index is 0.0401. The van der Waals surface area contributed by atoms with Gasteiger partial charge in [-0.15, -0.1) is 0 Å². The zero-order chi connectivity index (χ0) is 13.7. The van der Waals surface area contributed by atoms with Gasteiger partial charge in [0.25, 0.3) is 0 Å². The summed E-state index contributed by atoms with van der Waals surface area (Å²) in [6.45, 7) is 0.376. The third kappa shape index (κ3) is 3.29. The molecule has 2 rings (SSSR count). The van der Waals surface area contributed by atoms with Gasteiger partial charge in [-0.05, 0) is 25.0 Å². The first-order valence-corrected chi connectivity index (χ1v) is 6.24. The third-order valence-corrected chi connectivity index (χ3v) is 3.14. The lowest BCUT2D eigenvalue weighted by Gasteiger charge is -2.22. The van der Waals surface area contributed by atoms with Gasteiger partial charge in [0.05, 0.1) is 18.3 Å². The Kier molecular flexibility index (Phi) is 4.46. The van der Waals surface area contributed by atoms with Crippen LogP contribution < -0.4 is 10.5 Å². The van der Waals surface area contributed by atoms with Crippen LogP contribution in [0.1, 0.15) is 12.8 Å². The van der Waals surface area contributed by atoms with Crippen LogP contribution in [0.5, 0.6) is 5.75 Å². The Morgan fingerprint density at radius 1 is 1.47 bits per heavy atom. The van der Waals surface area contributed by atoms with Crippen LogP contribution >= 0.6 is 0 Å². The standard InChI is InChI=1S/C13H18N2O4/c14-11-5-1-2-6-12(11)18-9-19-13(17)15-7-3-4-10(15)8-16/h1-2,5-6,10,16H,3-4,7-9,14H2. The predicted octanol–water partition coefficient (Wildman–Crippen LogP) is 1.20. The number of rotatable bonds is 4. The smallest absolute Gasteiger partial charge is 0.412 e. The zero-order valence-electron chi connectivity index (χ0n) is 10.6. The van der Waals surface area contributed by atoms with Crippen molar-refractivity contribution in [3.8, 4) is 5.75 Å². The number of hydrogen-bond acceptors (Lipinski definition) is 5. The van der Waals surface area contributed by atoms with Crippen LogP contribution in [0.2, 0.25) is 0 Å². The van der Waals surface area contributed by atoms with Crippen LogP contribution in [0.3, 0.4) is 0 Å². The average molecular weight is 266 g/mol. The first kappa shape index (κ1) is 13.5. The number of ether oxygens (including phenoxy) is 2. The molecule has 1 heterocycles. The van der Waals surface area contributed by atoms with Crippen molar-refractivity contribution in [1.82, 2.24) is 4.90 Å². The van der Waals surface area contributed by atoms with Gasteiger partial charge >= 0.3 is 6.09 Å². The number of anilines is 1. The fraction of sp³-hybridized carbons (Fsp3) is 0.462. The van der Waals surface area contributed by atoms with Gasteiger partial charge in [0.15, 0.2) is 0 Å². The number of nitrogen functional groups attached to an aromatic ring is 1. The molecule has 1 aromatic rings. The molecule has 0 bridgehead atoms. The molecule has 1 atom stereocenters. The van der Waals surface area contributed by atoms with Crippen molar-refractivity contribution in [3.05, 3.63) is 24.3 Å². The number of hydrogen-bond donors (Lipinski definition) is 2. The van der Waals surface area contributed by atoms with E-state index >= 15 is 0 Å². The second kappa shape index (κ2) is 6.29. The summed E-state index contributed by atoms with van der Waals surface area (Å²) < 4.78 is 10.3. The molecule has 104 valence electrons. The number of nitrogens with two attached hydrogens (primary N) is 1. The van der Waals surface area contributed by atoms with Crippen LogP contribution in [-0.4, -0.2) is 42.1 Å². The highest BCUT2D eigenvalue weighted by atomic mass is 16.7. The van der Waals surface area contributed by atoms with Crippen molar-refractivity contribution < 1.29 is 19.4 Å². The number of benzene rings is 1. The number of amides is 1. The molecule has 6 nitrogen and oxygen atoms in total. The number of carbonyl (C=O) groups is 1. The Hall–Kier alpha value is -1.95. The highest BCUT2D eigenvalue weighted by molar-refractivity contribution is 5.68. The monoisotopic (exact) mass is 266 g/mol. The Morgan fingerprint density at radius 3 is 3.00 bits per heavy atom. The molecule has 0 radical (unpaired) electrons. The molecule has 1 aliphatic rings. The summed E-state index contributed by atoms with van der Waals surface area (Å²) >= 11 is 0. The van der Waals surface area contributed by atoms with Gasteiger partial charge in [0.2, 0.25) is 6.79 Å². The Bertz CT molecular complexity index is 438. The van der Waals surface area contributed by atoms with Crippen molar-refractivity contribution in [2.75, 3.05) is 25.7 Å². The first-order valence-electron chi connectivity index (χ1n) is 6.24. The van der Waals surface area contributed by atoms with Crippen LogP contribution in [0, 0.1) is 0 Å². The highest BCUT2D eigenvalue weighted by Gasteiger charge is 2.29. The number of carbonyl (C=O) groups excluding carboxylic acids is 1. The maximum atomic E-state index is 11.8. The van der Waals surface area contributed by atoms with Gasteiger partial charge in [0.1, 0.15) is 5.75 Å². The molecule has 0 aliphatic carbocycles. The van der Waals surface area contributed by atoms with E-state index < -0.39 is 6.09 Å². The van der Waals surface area contributed by atoms with Crippen molar-refractivity contribution >= 4 is 11.8 Å². The van der Waals surface area contributed by atoms with Gasteiger partial charge in [-0.1, -0.05) is 12.1 Å². The molecule has 0 saturated carbocycles. The predicted molar refractivity (Wildman–Crippen MR) is 69.6 cm³/mol. The van der Waals surface area contributed by atoms with E-state index in [1.165, 1.54) is 4.90 Å². The second-order valence-corrected chi connectivity index (χ2v) is 4.38. The molecule has 1 amide bonds. The lowest BCUT2D eigenvalue weighted by atomic mass is 10.2. The van der Waals surface area contributed by atoms with Crippen LogP contribution in [0.4, 0.5) is 10.5 Å². The minimum atomic E-state index is -0.467. The molecule has 6 heteroatoms. The number of nitrogens with zero attached hydrogens (tertiary/aromatic N) is 1. The van der Waals surface area contributed by atoms with E-state index in [1.54, 1.807) is 24.3 Å². The molecule has 1 aliphatic heterocycles. The van der Waals surface area contributed by atoms with Crippen LogP contribution in [0.25, 0.3) is 0 Å². The zero-order valence-corrected chi connectivity index (χ0v) is 10.6. The lowest BCUT2D eigenvalue weighted by Crippen LogP contribution is -2.38. The van der Waals surface area contributed by atoms with Crippen molar-refractivity contribution in [1.29, 1.82) is 0 Å². The minimum Gasteiger partial charge on any atom is -0.455 e. The van der Waals surface area contributed by atoms with E-state index in [-0.39, 0.29) is 19.4 Å². The number of aliphatic hydroxyl groups excluding tert-OH is 1. The summed E-state index contributed by atoms with van der Waals surface area (Å²) in [5.41, 5.74) is 6.19. The first-order chi connectivity index (χ1) is 9.22. The molecule has 0 aromatic heterocycles. The molecule has 0 spiro atoms. The van der Waals surface area contributed by atoms with E-state index in [2.05, 4.69) is 0 Å². The highest BCUT2D eigenvalue weighted by Crippen LogP contribution is 2.20.